The number of carbonyl (C=O) groups is 2. The molecule has 182 valence electrons. The van der Waals surface area contributed by atoms with E-state index in [1.165, 1.54) is 6.08 Å². The molecular weight excluding hydrogens is 446 g/mol. The molecule has 1 aliphatic heterocycles. The summed E-state index contributed by atoms with van der Waals surface area (Å²) < 4.78 is 16.7. The molecule has 2 unspecified atom stereocenters. The average Bonchev–Trinajstić information content (AvgIpc) is 3.35. The highest BCUT2D eigenvalue weighted by Crippen LogP contribution is 2.75. The molecule has 0 radical (unpaired) electrons. The Morgan fingerprint density at radius 2 is 1.89 bits per heavy atom. The molecule has 35 heavy (non-hydrogen) atoms. The van der Waals surface area contributed by atoms with Gasteiger partial charge in [-0.05, 0) is 48.1 Å². The zero-order chi connectivity index (χ0) is 25.1. The van der Waals surface area contributed by atoms with Gasteiger partial charge < -0.3 is 19.3 Å². The average molecular weight is 476 g/mol. The standard InChI is InChI=1S/C28H29NO6/c1-27(2)23(14-15-24(30)35-25-13-6-7-16-33-25)28(27,26(31)32)22(18-29)19-9-8-12-21(17-19)34-20-10-4-3-5-11-20/h3-5,8-12,14-15,17,22-23,25H,6-7,13,16H2,1-2H3,(H,31,32)/t22?,23-,25?,28+/m0/s1. The van der Waals surface area contributed by atoms with Gasteiger partial charge in [0.1, 0.15) is 16.9 Å². The number of rotatable bonds is 8. The van der Waals surface area contributed by atoms with Crippen LogP contribution in [0.3, 0.4) is 0 Å². The first kappa shape index (κ1) is 24.5. The highest BCUT2D eigenvalue weighted by Gasteiger charge is 2.78. The van der Waals surface area contributed by atoms with Gasteiger partial charge in [-0.1, -0.05) is 50.3 Å². The summed E-state index contributed by atoms with van der Waals surface area (Å²) in [5, 5.41) is 20.5. The van der Waals surface area contributed by atoms with E-state index in [2.05, 4.69) is 6.07 Å². The van der Waals surface area contributed by atoms with Crippen molar-refractivity contribution in [1.29, 1.82) is 5.26 Å². The molecule has 1 saturated carbocycles. The molecule has 1 aliphatic carbocycles. The van der Waals surface area contributed by atoms with E-state index in [4.69, 9.17) is 14.2 Å². The number of nitrogens with zero attached hydrogens (tertiary/aromatic N) is 1. The van der Waals surface area contributed by atoms with Gasteiger partial charge in [0.15, 0.2) is 0 Å². The number of hydrogen-bond acceptors (Lipinski definition) is 6. The van der Waals surface area contributed by atoms with Crippen molar-refractivity contribution < 1.29 is 28.9 Å². The molecule has 4 rings (SSSR count). The van der Waals surface area contributed by atoms with E-state index < -0.39 is 40.9 Å². The van der Waals surface area contributed by atoms with Gasteiger partial charge in [0.2, 0.25) is 6.29 Å². The van der Waals surface area contributed by atoms with Crippen molar-refractivity contribution >= 4 is 11.9 Å². The lowest BCUT2D eigenvalue weighted by molar-refractivity contribution is -0.181. The second-order valence-electron chi connectivity index (χ2n) is 9.52. The normalized spacial score (nSPS) is 25.9. The Hall–Kier alpha value is -3.63. The molecule has 1 saturated heterocycles. The van der Waals surface area contributed by atoms with Gasteiger partial charge in [0.25, 0.3) is 0 Å². The molecule has 1 N–H and O–H groups in total. The van der Waals surface area contributed by atoms with E-state index in [1.54, 1.807) is 44.2 Å². The number of aliphatic carboxylic acids is 1. The van der Waals surface area contributed by atoms with Crippen LogP contribution in [-0.4, -0.2) is 29.9 Å². The van der Waals surface area contributed by atoms with Crippen LogP contribution in [-0.2, 0) is 19.1 Å². The minimum atomic E-state index is -1.41. The van der Waals surface area contributed by atoms with E-state index in [-0.39, 0.29) is 0 Å². The topological polar surface area (TPSA) is 106 Å². The Kier molecular flexibility index (Phi) is 6.95. The maximum absolute atomic E-state index is 12.7. The van der Waals surface area contributed by atoms with Crippen LogP contribution in [0.25, 0.3) is 0 Å². The lowest BCUT2D eigenvalue weighted by Gasteiger charge is -2.22. The number of carboxylic acids is 1. The summed E-state index contributed by atoms with van der Waals surface area (Å²) in [5.41, 5.74) is -1.63. The summed E-state index contributed by atoms with van der Waals surface area (Å²) in [4.78, 5) is 25.0. The molecule has 2 aliphatic rings. The Labute approximate surface area is 204 Å². The van der Waals surface area contributed by atoms with Gasteiger partial charge in [-0.25, -0.2) is 4.79 Å². The fourth-order valence-electron chi connectivity index (χ4n) is 5.28. The van der Waals surface area contributed by atoms with Gasteiger partial charge in [0, 0.05) is 18.4 Å². The second-order valence-corrected chi connectivity index (χ2v) is 9.52. The maximum atomic E-state index is 12.7. The highest BCUT2D eigenvalue weighted by atomic mass is 16.7. The monoisotopic (exact) mass is 475 g/mol. The Morgan fingerprint density at radius 3 is 2.54 bits per heavy atom. The highest BCUT2D eigenvalue weighted by molar-refractivity contribution is 5.86. The largest absolute Gasteiger partial charge is 0.481 e. The SMILES string of the molecule is CC1(C)[C@H](C=CC(=O)OC2CCCCO2)[C@@]1(C(=O)O)C(C#N)c1cccc(Oc2ccccc2)c1. The number of carboxylic acid groups (broad SMARTS) is 1. The van der Waals surface area contributed by atoms with Crippen LogP contribution in [0.1, 0.15) is 44.6 Å². The summed E-state index contributed by atoms with van der Waals surface area (Å²) in [7, 11) is 0. The van der Waals surface area contributed by atoms with E-state index in [1.807, 2.05) is 30.3 Å². The molecule has 7 heteroatoms. The number of carbonyl (C=O) groups excluding carboxylic acids is 1. The maximum Gasteiger partial charge on any atom is 0.332 e. The van der Waals surface area contributed by atoms with Crippen molar-refractivity contribution in [3.05, 3.63) is 72.3 Å². The predicted octanol–water partition coefficient (Wildman–Crippen LogP) is 5.44. The van der Waals surface area contributed by atoms with Crippen molar-refractivity contribution in [2.45, 2.75) is 45.3 Å². The smallest absolute Gasteiger partial charge is 0.332 e. The van der Waals surface area contributed by atoms with E-state index in [9.17, 15) is 20.0 Å². The molecular formula is C28H29NO6. The quantitative estimate of drug-likeness (QED) is 0.400. The van der Waals surface area contributed by atoms with Crippen molar-refractivity contribution in [3.8, 4) is 17.6 Å². The van der Waals surface area contributed by atoms with E-state index in [0.29, 0.717) is 30.1 Å². The van der Waals surface area contributed by atoms with Crippen LogP contribution >= 0.6 is 0 Å². The summed E-state index contributed by atoms with van der Waals surface area (Å²) >= 11 is 0. The van der Waals surface area contributed by atoms with Crippen LogP contribution in [0.4, 0.5) is 0 Å². The molecule has 2 aromatic carbocycles. The van der Waals surface area contributed by atoms with Crippen molar-refractivity contribution in [3.63, 3.8) is 0 Å². The van der Waals surface area contributed by atoms with Crippen LogP contribution in [0.2, 0.25) is 0 Å². The minimum Gasteiger partial charge on any atom is -0.481 e. The Bertz CT molecular complexity index is 1150. The number of benzene rings is 2. The Balaban J connectivity index is 1.57. The van der Waals surface area contributed by atoms with Crippen molar-refractivity contribution in [2.24, 2.45) is 16.7 Å². The summed E-state index contributed by atoms with van der Waals surface area (Å²) in [5.74, 6) is -2.01. The van der Waals surface area contributed by atoms with Crippen LogP contribution in [0.15, 0.2) is 66.7 Å². The zero-order valence-corrected chi connectivity index (χ0v) is 19.8. The molecule has 7 nitrogen and oxygen atoms in total. The lowest BCUT2D eigenvalue weighted by Crippen LogP contribution is -2.29. The van der Waals surface area contributed by atoms with E-state index >= 15 is 0 Å². The van der Waals surface area contributed by atoms with Gasteiger partial charge in [0.05, 0.1) is 18.6 Å². The first-order valence-electron chi connectivity index (χ1n) is 11.8. The summed E-state index contributed by atoms with van der Waals surface area (Å²) in [6, 6.07) is 18.4. The third-order valence-electron chi connectivity index (χ3n) is 7.17. The van der Waals surface area contributed by atoms with E-state index in [0.717, 1.165) is 12.8 Å². The molecule has 0 spiro atoms. The fraction of sp³-hybridized carbons (Fsp3) is 0.393. The molecule has 0 amide bonds. The first-order valence-corrected chi connectivity index (χ1v) is 11.8. The van der Waals surface area contributed by atoms with Crippen LogP contribution < -0.4 is 4.74 Å². The number of allylic oxidation sites excluding steroid dienone is 1. The number of para-hydroxylation sites is 1. The van der Waals surface area contributed by atoms with Gasteiger partial charge in [-0.15, -0.1) is 0 Å². The molecule has 2 fully saturated rings. The Morgan fingerprint density at radius 1 is 1.14 bits per heavy atom. The fourth-order valence-corrected chi connectivity index (χ4v) is 5.28. The van der Waals surface area contributed by atoms with Crippen LogP contribution in [0, 0.1) is 28.1 Å². The minimum absolute atomic E-state index is 0.510. The van der Waals surface area contributed by atoms with Crippen molar-refractivity contribution in [2.75, 3.05) is 6.61 Å². The predicted molar refractivity (Wildman–Crippen MR) is 127 cm³/mol. The number of hydrogen-bond donors (Lipinski definition) is 1. The molecule has 2 aromatic rings. The van der Waals surface area contributed by atoms with Crippen LogP contribution in [0.5, 0.6) is 11.5 Å². The van der Waals surface area contributed by atoms with Gasteiger partial charge in [-0.2, -0.15) is 5.26 Å². The number of nitriles is 1. The molecule has 1 heterocycles. The molecule has 0 aromatic heterocycles. The van der Waals surface area contributed by atoms with Gasteiger partial charge >= 0.3 is 11.9 Å². The lowest BCUT2D eigenvalue weighted by atomic mass is 9.78. The van der Waals surface area contributed by atoms with Gasteiger partial charge in [-0.3, -0.25) is 4.79 Å². The molecule has 4 atom stereocenters. The summed E-state index contributed by atoms with van der Waals surface area (Å²) in [6.07, 6.45) is 4.76. The zero-order valence-electron chi connectivity index (χ0n) is 19.8. The molecule has 0 bridgehead atoms. The number of ether oxygens (including phenoxy) is 3. The summed E-state index contributed by atoms with van der Waals surface area (Å²) in [6.45, 7) is 4.16. The second kappa shape index (κ2) is 9.93. The third kappa shape index (κ3) is 4.67. The first-order chi connectivity index (χ1) is 16.8. The number of esters is 1. The van der Waals surface area contributed by atoms with Crippen molar-refractivity contribution in [1.82, 2.24) is 0 Å². The third-order valence-corrected chi connectivity index (χ3v) is 7.17.